The van der Waals surface area contributed by atoms with Crippen LogP contribution >= 0.6 is 0 Å². The predicted octanol–water partition coefficient (Wildman–Crippen LogP) is 1.76. The highest BCUT2D eigenvalue weighted by molar-refractivity contribution is 5.79. The molecule has 0 aromatic heterocycles. The molecule has 0 amide bonds. The van der Waals surface area contributed by atoms with Crippen molar-refractivity contribution >= 4 is 5.78 Å². The van der Waals surface area contributed by atoms with Crippen LogP contribution in [0.1, 0.15) is 40.5 Å². The van der Waals surface area contributed by atoms with Gasteiger partial charge in [-0.05, 0) is 12.3 Å². The SMILES string of the molecule is CC(O)CC(=O)CC(C)(C)C. The van der Waals surface area contributed by atoms with E-state index < -0.39 is 6.10 Å². The summed E-state index contributed by atoms with van der Waals surface area (Å²) in [5.74, 6) is 0.146. The van der Waals surface area contributed by atoms with Crippen LogP contribution in [0, 0.1) is 5.41 Å². The summed E-state index contributed by atoms with van der Waals surface area (Å²) in [4.78, 5) is 11.1. The minimum Gasteiger partial charge on any atom is -0.393 e. The third-order valence-corrected chi connectivity index (χ3v) is 1.25. The third-order valence-electron chi connectivity index (χ3n) is 1.25. The second-order valence-corrected chi connectivity index (χ2v) is 4.33. The Kier molecular flexibility index (Phi) is 3.73. The van der Waals surface area contributed by atoms with Crippen LogP contribution in [-0.2, 0) is 4.79 Å². The summed E-state index contributed by atoms with van der Waals surface area (Å²) in [7, 11) is 0. The molecule has 66 valence electrons. The number of rotatable bonds is 3. The monoisotopic (exact) mass is 158 g/mol. The van der Waals surface area contributed by atoms with Crippen molar-refractivity contribution in [3.8, 4) is 0 Å². The first-order chi connectivity index (χ1) is 4.81. The Morgan fingerprint density at radius 3 is 2.18 bits per heavy atom. The minimum atomic E-state index is -0.496. The molecule has 0 saturated heterocycles. The number of aliphatic hydroxyl groups excluding tert-OH is 1. The first kappa shape index (κ1) is 10.6. The van der Waals surface area contributed by atoms with Crippen molar-refractivity contribution in [2.45, 2.75) is 46.6 Å². The fourth-order valence-corrected chi connectivity index (χ4v) is 0.993. The van der Waals surface area contributed by atoms with Gasteiger partial charge in [0.1, 0.15) is 5.78 Å². The lowest BCUT2D eigenvalue weighted by molar-refractivity contribution is -0.122. The van der Waals surface area contributed by atoms with Gasteiger partial charge in [-0.15, -0.1) is 0 Å². The Morgan fingerprint density at radius 1 is 1.45 bits per heavy atom. The zero-order valence-electron chi connectivity index (χ0n) is 7.85. The molecule has 11 heavy (non-hydrogen) atoms. The van der Waals surface area contributed by atoms with Crippen molar-refractivity contribution in [2.75, 3.05) is 0 Å². The summed E-state index contributed by atoms with van der Waals surface area (Å²) in [6, 6.07) is 0. The first-order valence-corrected chi connectivity index (χ1v) is 4.01. The van der Waals surface area contributed by atoms with Crippen molar-refractivity contribution < 1.29 is 9.90 Å². The fraction of sp³-hybridized carbons (Fsp3) is 0.889. The van der Waals surface area contributed by atoms with Gasteiger partial charge in [0.2, 0.25) is 0 Å². The number of hydrogen-bond donors (Lipinski definition) is 1. The molecule has 0 rings (SSSR count). The zero-order chi connectivity index (χ0) is 9.07. The second-order valence-electron chi connectivity index (χ2n) is 4.33. The Labute approximate surface area is 68.6 Å². The normalized spacial score (nSPS) is 14.6. The van der Waals surface area contributed by atoms with Crippen molar-refractivity contribution in [1.29, 1.82) is 0 Å². The average Bonchev–Trinajstić information content (AvgIpc) is 1.53. The molecule has 0 radical (unpaired) electrons. The Bertz CT molecular complexity index is 131. The lowest BCUT2D eigenvalue weighted by Gasteiger charge is -2.16. The molecule has 2 heteroatoms. The smallest absolute Gasteiger partial charge is 0.135 e. The lowest BCUT2D eigenvalue weighted by atomic mass is 9.88. The maximum atomic E-state index is 11.1. The fourth-order valence-electron chi connectivity index (χ4n) is 0.993. The molecular weight excluding hydrogens is 140 g/mol. The average molecular weight is 158 g/mol. The molecule has 0 aromatic rings. The topological polar surface area (TPSA) is 37.3 Å². The quantitative estimate of drug-likeness (QED) is 0.679. The molecule has 0 saturated carbocycles. The van der Waals surface area contributed by atoms with E-state index >= 15 is 0 Å². The molecule has 0 bridgehead atoms. The van der Waals surface area contributed by atoms with Gasteiger partial charge in [-0.1, -0.05) is 20.8 Å². The number of hydrogen-bond acceptors (Lipinski definition) is 2. The number of aliphatic hydroxyl groups is 1. The van der Waals surface area contributed by atoms with E-state index in [-0.39, 0.29) is 17.6 Å². The van der Waals surface area contributed by atoms with Gasteiger partial charge in [-0.3, -0.25) is 4.79 Å². The number of Topliss-reactive ketones (excluding diaryl/α,β-unsaturated/α-hetero) is 1. The highest BCUT2D eigenvalue weighted by atomic mass is 16.3. The van der Waals surface area contributed by atoms with Gasteiger partial charge in [-0.25, -0.2) is 0 Å². The summed E-state index contributed by atoms with van der Waals surface area (Å²) in [6.07, 6.45) is 0.347. The third kappa shape index (κ3) is 7.53. The van der Waals surface area contributed by atoms with Crippen LogP contribution in [0.2, 0.25) is 0 Å². The van der Waals surface area contributed by atoms with Gasteiger partial charge in [0.15, 0.2) is 0 Å². The van der Waals surface area contributed by atoms with Crippen LogP contribution in [0.4, 0.5) is 0 Å². The molecule has 1 atom stereocenters. The van der Waals surface area contributed by atoms with E-state index in [4.69, 9.17) is 5.11 Å². The van der Waals surface area contributed by atoms with Crippen LogP contribution in [0.25, 0.3) is 0 Å². The molecule has 0 heterocycles. The molecule has 1 unspecified atom stereocenters. The van der Waals surface area contributed by atoms with Gasteiger partial charge in [0.05, 0.1) is 6.10 Å². The van der Waals surface area contributed by atoms with E-state index in [0.717, 1.165) is 0 Å². The molecule has 0 aromatic carbocycles. The Hall–Kier alpha value is -0.370. The van der Waals surface area contributed by atoms with Crippen molar-refractivity contribution in [2.24, 2.45) is 5.41 Å². The first-order valence-electron chi connectivity index (χ1n) is 4.01. The van der Waals surface area contributed by atoms with Gasteiger partial charge >= 0.3 is 0 Å². The summed E-state index contributed by atoms with van der Waals surface area (Å²) < 4.78 is 0. The maximum Gasteiger partial charge on any atom is 0.135 e. The van der Waals surface area contributed by atoms with Crippen LogP contribution < -0.4 is 0 Å². The standard InChI is InChI=1S/C9H18O2/c1-7(10)5-8(11)6-9(2,3)4/h7,10H,5-6H2,1-4H3. The van der Waals surface area contributed by atoms with E-state index in [2.05, 4.69) is 0 Å². The molecule has 0 aliphatic rings. The summed E-state index contributed by atoms with van der Waals surface area (Å²) >= 11 is 0. The van der Waals surface area contributed by atoms with Gasteiger partial charge in [-0.2, -0.15) is 0 Å². The van der Waals surface area contributed by atoms with E-state index in [1.54, 1.807) is 6.92 Å². The molecule has 1 N–H and O–H groups in total. The van der Waals surface area contributed by atoms with Gasteiger partial charge < -0.3 is 5.11 Å². The van der Waals surface area contributed by atoms with Crippen molar-refractivity contribution in [3.05, 3.63) is 0 Å². The van der Waals surface area contributed by atoms with Crippen LogP contribution in [0.15, 0.2) is 0 Å². The highest BCUT2D eigenvalue weighted by Gasteiger charge is 2.16. The molecule has 0 aliphatic carbocycles. The molecule has 0 fully saturated rings. The number of ketones is 1. The molecule has 2 nitrogen and oxygen atoms in total. The molecular formula is C9H18O2. The summed E-state index contributed by atoms with van der Waals surface area (Å²) in [5.41, 5.74) is 0.0476. The largest absolute Gasteiger partial charge is 0.393 e. The van der Waals surface area contributed by atoms with Crippen molar-refractivity contribution in [3.63, 3.8) is 0 Å². The van der Waals surface area contributed by atoms with Crippen LogP contribution in [-0.4, -0.2) is 17.0 Å². The predicted molar refractivity (Wildman–Crippen MR) is 45.4 cm³/mol. The Morgan fingerprint density at radius 2 is 1.91 bits per heavy atom. The number of carbonyl (C=O) groups is 1. The van der Waals surface area contributed by atoms with Crippen LogP contribution in [0.5, 0.6) is 0 Å². The van der Waals surface area contributed by atoms with E-state index in [1.807, 2.05) is 20.8 Å². The van der Waals surface area contributed by atoms with Crippen molar-refractivity contribution in [1.82, 2.24) is 0 Å². The van der Waals surface area contributed by atoms with E-state index in [9.17, 15) is 4.79 Å². The molecule has 0 aliphatic heterocycles. The second kappa shape index (κ2) is 3.86. The van der Waals surface area contributed by atoms with E-state index in [1.165, 1.54) is 0 Å². The van der Waals surface area contributed by atoms with E-state index in [0.29, 0.717) is 6.42 Å². The zero-order valence-corrected chi connectivity index (χ0v) is 7.85. The molecule has 0 spiro atoms. The van der Waals surface area contributed by atoms with Crippen LogP contribution in [0.3, 0.4) is 0 Å². The van der Waals surface area contributed by atoms with Gasteiger partial charge in [0.25, 0.3) is 0 Å². The number of carbonyl (C=O) groups excluding carboxylic acids is 1. The Balaban J connectivity index is 3.71. The summed E-state index contributed by atoms with van der Waals surface area (Å²) in [5, 5.41) is 8.90. The minimum absolute atomic E-state index is 0.0476. The highest BCUT2D eigenvalue weighted by Crippen LogP contribution is 2.19. The van der Waals surface area contributed by atoms with Gasteiger partial charge in [0, 0.05) is 12.8 Å². The maximum absolute atomic E-state index is 11.1. The summed E-state index contributed by atoms with van der Waals surface area (Å²) in [6.45, 7) is 7.70. The lowest BCUT2D eigenvalue weighted by Crippen LogP contribution is -2.16.